The average Bonchev–Trinajstić information content (AvgIpc) is 1.76. The molecule has 0 fully saturated rings. The minimum atomic E-state index is 1.01. The minimum Gasteiger partial charge on any atom is -0.243 e. The van der Waals surface area contributed by atoms with Crippen LogP contribution in [0, 0.1) is 20.8 Å². The number of hydrogen-bond donors (Lipinski definition) is 0. The minimum absolute atomic E-state index is 1.01. The third kappa shape index (κ3) is 29.7. The van der Waals surface area contributed by atoms with E-state index in [4.69, 9.17) is 9.97 Å². The Morgan fingerprint density at radius 2 is 0.573 bits per heavy atom. The van der Waals surface area contributed by atoms with Crippen molar-refractivity contribution < 1.29 is 0 Å². The molecule has 0 unspecified atom stereocenters. The van der Waals surface area contributed by atoms with Crippen molar-refractivity contribution in [3.05, 3.63) is 92.7 Å². The van der Waals surface area contributed by atoms with Gasteiger partial charge in [0.25, 0.3) is 0 Å². The van der Waals surface area contributed by atoms with Crippen LogP contribution in [-0.4, -0.2) is 9.97 Å². The van der Waals surface area contributed by atoms with Crippen molar-refractivity contribution in [1.82, 2.24) is 9.97 Å². The molecule has 0 radical (unpaired) electrons. The van der Waals surface area contributed by atoms with Gasteiger partial charge in [0.2, 0.25) is 0 Å². The number of nitrogens with zero attached hydrogens (tertiary/aromatic N) is 2. The molecule has 4 heterocycles. The van der Waals surface area contributed by atoms with E-state index in [-0.39, 0.29) is 0 Å². The molecule has 96 heavy (non-hydrogen) atoms. The van der Waals surface area contributed by atoms with Gasteiger partial charge in [-0.2, -0.15) is 0 Å². The number of unbranched alkanes of at least 4 members (excludes halogenated alkanes) is 51. The molecule has 0 atom stereocenters. The molecule has 3 aromatic carbocycles. The Morgan fingerprint density at radius 1 is 0.281 bits per heavy atom. The van der Waals surface area contributed by atoms with Crippen molar-refractivity contribution in [3.63, 3.8) is 0 Å². The fourth-order valence-corrected chi connectivity index (χ4v) is 19.1. The van der Waals surface area contributed by atoms with Gasteiger partial charge in [-0.05, 0) is 104 Å². The molecule has 0 amide bonds. The number of rotatable bonds is 60. The molecular weight excluding hydrogens is 1220 g/mol. The summed E-state index contributed by atoms with van der Waals surface area (Å²) in [6, 6.07) is 24.0. The van der Waals surface area contributed by atoms with Crippen LogP contribution in [0.1, 0.15) is 400 Å². The molecule has 0 spiro atoms. The van der Waals surface area contributed by atoms with Gasteiger partial charge in [0, 0.05) is 25.8 Å². The average molecular weight is 1360 g/mol. The topological polar surface area (TPSA) is 25.8 Å². The molecule has 4 aromatic heterocycles. The number of aryl methyl sites for hydroxylation is 6. The van der Waals surface area contributed by atoms with E-state index in [1.165, 1.54) is 414 Å². The fraction of sp³-hybridized carbons (Fsp3) is 0.692. The Morgan fingerprint density at radius 3 is 0.906 bits per heavy atom. The standard InChI is InChI=1S/C91H142N2S3/c1-7-10-13-16-19-22-25-28-31-34-37-40-43-46-49-52-55-58-61-77-64-68-79(69-65-77)86-87(80-70-66-78(67-71-80)62-59-56-53-50-47-44-41-38-35-32-29-26-23-20-17-14-11-8-2)93-88-85(92-86)76(6)95-91(88)84-73-83-81(75(5)82-72-74(4)94-89(82)90(83)96-84)63-60-57-54-51-48-45-42-39-36-33-30-27-24-21-18-15-12-9-3/h64-73H,7-63H2,1-6H3. The molecule has 7 rings (SSSR count). The lowest BCUT2D eigenvalue weighted by atomic mass is 9.95. The SMILES string of the molecule is CCCCCCCCCCCCCCCCCCCCc1ccc(-c2nc3c(C)sc(-c4cc5c(CCCCCCCCCCCCCCCCCCCC)c(C)c6cc(C)sc6c5s4)c3nc2-c2ccc(CCCCCCCCCCCCCCCCCCCC)cc2)cc1. The van der Waals surface area contributed by atoms with Crippen molar-refractivity contribution in [2.75, 3.05) is 0 Å². The van der Waals surface area contributed by atoms with Gasteiger partial charge in [0.05, 0.1) is 25.7 Å². The van der Waals surface area contributed by atoms with E-state index >= 15 is 0 Å². The number of fused-ring (bicyclic) bond motifs is 4. The van der Waals surface area contributed by atoms with Gasteiger partial charge in [-0.15, -0.1) is 34.0 Å². The van der Waals surface area contributed by atoms with Crippen molar-refractivity contribution in [2.24, 2.45) is 0 Å². The van der Waals surface area contributed by atoms with Crippen molar-refractivity contribution in [1.29, 1.82) is 0 Å². The second-order valence-electron chi connectivity index (χ2n) is 30.3. The molecule has 0 saturated heterocycles. The van der Waals surface area contributed by atoms with Crippen LogP contribution in [0.5, 0.6) is 0 Å². The first-order chi connectivity index (χ1) is 47.4. The maximum atomic E-state index is 5.82. The van der Waals surface area contributed by atoms with E-state index in [2.05, 4.69) is 102 Å². The number of aromatic nitrogens is 2. The van der Waals surface area contributed by atoms with Crippen LogP contribution in [0.2, 0.25) is 0 Å². The zero-order valence-corrected chi connectivity index (χ0v) is 65.6. The number of thiophene rings is 3. The summed E-state index contributed by atoms with van der Waals surface area (Å²) in [6.07, 6.45) is 79.9. The molecule has 2 nitrogen and oxygen atoms in total. The summed E-state index contributed by atoms with van der Waals surface area (Å²) >= 11 is 5.91. The molecule has 0 aliphatic heterocycles. The normalized spacial score (nSPS) is 11.9. The van der Waals surface area contributed by atoms with Gasteiger partial charge in [0.1, 0.15) is 11.0 Å². The quantitative estimate of drug-likeness (QED) is 0.0355. The fourth-order valence-electron chi connectivity index (χ4n) is 15.5. The van der Waals surface area contributed by atoms with Gasteiger partial charge >= 0.3 is 0 Å². The molecule has 0 bridgehead atoms. The van der Waals surface area contributed by atoms with E-state index in [1.54, 1.807) is 5.56 Å². The largest absolute Gasteiger partial charge is 0.243 e. The van der Waals surface area contributed by atoms with E-state index in [1.807, 2.05) is 34.0 Å². The van der Waals surface area contributed by atoms with Crippen molar-refractivity contribution in [2.45, 2.75) is 408 Å². The highest BCUT2D eigenvalue weighted by Gasteiger charge is 2.24. The molecule has 0 aliphatic carbocycles. The van der Waals surface area contributed by atoms with Crippen LogP contribution in [0.3, 0.4) is 0 Å². The number of benzene rings is 3. The van der Waals surface area contributed by atoms with E-state index < -0.39 is 0 Å². The molecule has 0 N–H and O–H groups in total. The predicted octanol–water partition coefficient (Wildman–Crippen LogP) is 32.8. The van der Waals surface area contributed by atoms with Crippen LogP contribution in [-0.2, 0) is 19.3 Å². The summed E-state index contributed by atoms with van der Waals surface area (Å²) in [6.45, 7) is 14.0. The zero-order chi connectivity index (χ0) is 67.3. The summed E-state index contributed by atoms with van der Waals surface area (Å²) in [5, 5.41) is 2.95. The van der Waals surface area contributed by atoms with Crippen LogP contribution >= 0.6 is 34.0 Å². The molecule has 0 aliphatic rings. The molecule has 534 valence electrons. The van der Waals surface area contributed by atoms with E-state index in [0.29, 0.717) is 0 Å². The van der Waals surface area contributed by atoms with Gasteiger partial charge in [-0.25, -0.2) is 9.97 Å². The van der Waals surface area contributed by atoms with Crippen molar-refractivity contribution >= 4 is 65.2 Å². The monoisotopic (exact) mass is 1360 g/mol. The highest BCUT2D eigenvalue weighted by atomic mass is 32.1. The lowest BCUT2D eigenvalue weighted by molar-refractivity contribution is 0.525. The Labute approximate surface area is 603 Å². The Bertz CT molecular complexity index is 3080. The molecule has 0 saturated carbocycles. The Kier molecular flexibility index (Phi) is 41.7. The molecular formula is C91H142N2S3. The summed E-state index contributed by atoms with van der Waals surface area (Å²) in [5.74, 6) is 0. The van der Waals surface area contributed by atoms with Crippen LogP contribution < -0.4 is 0 Å². The summed E-state index contributed by atoms with van der Waals surface area (Å²) in [5.41, 5.74) is 12.5. The summed E-state index contributed by atoms with van der Waals surface area (Å²) in [4.78, 5) is 16.8. The van der Waals surface area contributed by atoms with Crippen LogP contribution in [0.25, 0.3) is 63.5 Å². The predicted molar refractivity (Wildman–Crippen MR) is 436 cm³/mol. The second-order valence-corrected chi connectivity index (χ2v) is 33.9. The van der Waals surface area contributed by atoms with Gasteiger partial charge in [-0.3, -0.25) is 0 Å². The molecule has 5 heteroatoms. The van der Waals surface area contributed by atoms with Crippen LogP contribution in [0.4, 0.5) is 0 Å². The summed E-state index contributed by atoms with van der Waals surface area (Å²) in [7, 11) is 0. The Balaban J connectivity index is 0.940. The third-order valence-corrected chi connectivity index (χ3v) is 25.4. The van der Waals surface area contributed by atoms with E-state index in [0.717, 1.165) is 41.7 Å². The zero-order valence-electron chi connectivity index (χ0n) is 63.2. The van der Waals surface area contributed by atoms with Gasteiger partial charge in [0.15, 0.2) is 0 Å². The summed E-state index contributed by atoms with van der Waals surface area (Å²) < 4.78 is 2.94. The smallest absolute Gasteiger partial charge is 0.109 e. The Hall–Kier alpha value is -3.38. The van der Waals surface area contributed by atoms with E-state index in [9.17, 15) is 0 Å². The first-order valence-corrected chi connectivity index (χ1v) is 44.3. The highest BCUT2D eigenvalue weighted by Crippen LogP contribution is 2.49. The molecule has 7 aromatic rings. The first-order valence-electron chi connectivity index (χ1n) is 41.8. The lowest BCUT2D eigenvalue weighted by Gasteiger charge is -2.12. The first kappa shape index (κ1) is 79.9. The highest BCUT2D eigenvalue weighted by molar-refractivity contribution is 7.31. The maximum absolute atomic E-state index is 5.82. The second kappa shape index (κ2) is 50.0. The lowest BCUT2D eigenvalue weighted by Crippen LogP contribution is -1.96. The van der Waals surface area contributed by atoms with Crippen molar-refractivity contribution in [3.8, 4) is 32.3 Å². The maximum Gasteiger partial charge on any atom is 0.109 e. The van der Waals surface area contributed by atoms with Gasteiger partial charge in [-0.1, -0.05) is 397 Å². The van der Waals surface area contributed by atoms with Crippen LogP contribution in [0.15, 0.2) is 60.7 Å². The number of hydrogen-bond acceptors (Lipinski definition) is 5. The van der Waals surface area contributed by atoms with Gasteiger partial charge < -0.3 is 0 Å². The third-order valence-electron chi connectivity index (χ3n) is 21.8.